The summed E-state index contributed by atoms with van der Waals surface area (Å²) >= 11 is 1.36. The lowest BCUT2D eigenvalue weighted by atomic mass is 10.3. The van der Waals surface area contributed by atoms with Crippen molar-refractivity contribution in [2.24, 2.45) is 0 Å². The van der Waals surface area contributed by atoms with Crippen molar-refractivity contribution in [3.05, 3.63) is 46.2 Å². The summed E-state index contributed by atoms with van der Waals surface area (Å²) in [5.74, 6) is 0.392. The van der Waals surface area contributed by atoms with Gasteiger partial charge in [0.1, 0.15) is 5.75 Å². The minimum absolute atomic E-state index is 0.116. The minimum atomic E-state index is -3.60. The molecule has 0 saturated carbocycles. The van der Waals surface area contributed by atoms with E-state index in [0.29, 0.717) is 10.6 Å². The number of carbonyl (C=O) groups is 1. The summed E-state index contributed by atoms with van der Waals surface area (Å²) in [6.45, 7) is 2.19. The van der Waals surface area contributed by atoms with Crippen LogP contribution in [-0.4, -0.2) is 34.5 Å². The third-order valence-electron chi connectivity index (χ3n) is 3.14. The van der Waals surface area contributed by atoms with Crippen LogP contribution in [0.1, 0.15) is 15.2 Å². The van der Waals surface area contributed by atoms with Crippen LogP contribution in [0.15, 0.2) is 40.6 Å². The molecule has 0 radical (unpaired) electrons. The van der Waals surface area contributed by atoms with Crippen molar-refractivity contribution in [1.82, 2.24) is 10.0 Å². The Hall–Kier alpha value is -1.90. The lowest BCUT2D eigenvalue weighted by Crippen LogP contribution is -2.34. The fraction of sp³-hybridized carbons (Fsp3) is 0.267. The molecule has 124 valence electrons. The zero-order valence-electron chi connectivity index (χ0n) is 12.8. The maximum absolute atomic E-state index is 12.1. The topological polar surface area (TPSA) is 84.5 Å². The van der Waals surface area contributed by atoms with Gasteiger partial charge in [-0.1, -0.05) is 0 Å². The zero-order chi connectivity index (χ0) is 16.9. The number of amides is 1. The molecule has 2 aromatic rings. The van der Waals surface area contributed by atoms with E-state index in [1.165, 1.54) is 30.6 Å². The first-order valence-electron chi connectivity index (χ1n) is 6.90. The largest absolute Gasteiger partial charge is 0.497 e. The summed E-state index contributed by atoms with van der Waals surface area (Å²) in [4.78, 5) is 12.7. The van der Waals surface area contributed by atoms with Crippen molar-refractivity contribution in [2.75, 3.05) is 20.2 Å². The second kappa shape index (κ2) is 7.58. The average Bonchev–Trinajstić information content (AvgIpc) is 2.97. The van der Waals surface area contributed by atoms with Crippen molar-refractivity contribution in [1.29, 1.82) is 0 Å². The van der Waals surface area contributed by atoms with Crippen LogP contribution in [0.5, 0.6) is 5.75 Å². The lowest BCUT2D eigenvalue weighted by molar-refractivity contribution is 0.0958. The summed E-state index contributed by atoms with van der Waals surface area (Å²) in [6, 6.07) is 7.96. The first kappa shape index (κ1) is 17.5. The molecular weight excluding hydrogens is 336 g/mol. The molecule has 1 aromatic heterocycles. The third kappa shape index (κ3) is 4.54. The van der Waals surface area contributed by atoms with E-state index in [1.807, 2.05) is 18.4 Å². The molecule has 0 saturated heterocycles. The van der Waals surface area contributed by atoms with Gasteiger partial charge < -0.3 is 10.1 Å². The number of ether oxygens (including phenoxy) is 1. The van der Waals surface area contributed by atoms with Crippen LogP contribution in [0, 0.1) is 6.92 Å². The fourth-order valence-electron chi connectivity index (χ4n) is 1.89. The Balaban J connectivity index is 1.85. The van der Waals surface area contributed by atoms with Crippen molar-refractivity contribution >= 4 is 27.3 Å². The number of nitrogens with one attached hydrogen (secondary N) is 2. The molecule has 0 spiro atoms. The molecule has 0 aliphatic rings. The molecule has 0 fully saturated rings. The van der Waals surface area contributed by atoms with Crippen molar-refractivity contribution in [2.45, 2.75) is 11.8 Å². The van der Waals surface area contributed by atoms with E-state index in [0.717, 1.165) is 5.56 Å². The van der Waals surface area contributed by atoms with Gasteiger partial charge in [0.15, 0.2) is 0 Å². The van der Waals surface area contributed by atoms with E-state index in [2.05, 4.69) is 10.0 Å². The Morgan fingerprint density at radius 3 is 2.43 bits per heavy atom. The third-order valence-corrected chi connectivity index (χ3v) is 5.63. The highest BCUT2D eigenvalue weighted by Gasteiger charge is 2.14. The average molecular weight is 354 g/mol. The summed E-state index contributed by atoms with van der Waals surface area (Å²) < 4.78 is 31.6. The van der Waals surface area contributed by atoms with Crippen LogP contribution in [0.3, 0.4) is 0 Å². The second-order valence-corrected chi connectivity index (χ2v) is 7.45. The van der Waals surface area contributed by atoms with E-state index in [-0.39, 0.29) is 23.9 Å². The van der Waals surface area contributed by atoms with Gasteiger partial charge in [0, 0.05) is 13.1 Å². The summed E-state index contributed by atoms with van der Waals surface area (Å²) in [7, 11) is -2.09. The molecule has 1 heterocycles. The first-order valence-corrected chi connectivity index (χ1v) is 9.26. The molecule has 2 N–H and O–H groups in total. The van der Waals surface area contributed by atoms with E-state index < -0.39 is 10.0 Å². The Kier molecular flexibility index (Phi) is 5.75. The van der Waals surface area contributed by atoms with Crippen LogP contribution in [0.2, 0.25) is 0 Å². The standard InChI is InChI=1S/C15H18N2O4S2/c1-11-7-10-22-14(11)15(18)16-8-9-17-23(19,20)13-5-3-12(21-2)4-6-13/h3-7,10,17H,8-9H2,1-2H3,(H,16,18). The quantitative estimate of drug-likeness (QED) is 0.742. The minimum Gasteiger partial charge on any atom is -0.497 e. The summed E-state index contributed by atoms with van der Waals surface area (Å²) in [5, 5.41) is 4.54. The van der Waals surface area contributed by atoms with Crippen LogP contribution < -0.4 is 14.8 Å². The molecule has 23 heavy (non-hydrogen) atoms. The number of thiophene rings is 1. The predicted octanol–water partition coefficient (Wildman–Crippen LogP) is 1.77. The molecule has 0 bridgehead atoms. The SMILES string of the molecule is COc1ccc(S(=O)(=O)NCCNC(=O)c2sccc2C)cc1. The smallest absolute Gasteiger partial charge is 0.261 e. The van der Waals surface area contributed by atoms with E-state index in [1.54, 1.807) is 12.1 Å². The lowest BCUT2D eigenvalue weighted by Gasteiger charge is -2.08. The number of aryl methyl sites for hydroxylation is 1. The molecule has 0 atom stereocenters. The molecule has 1 amide bonds. The highest BCUT2D eigenvalue weighted by Crippen LogP contribution is 2.16. The normalized spacial score (nSPS) is 11.2. The molecule has 0 aliphatic carbocycles. The van der Waals surface area contributed by atoms with Gasteiger partial charge in [0.25, 0.3) is 5.91 Å². The van der Waals surface area contributed by atoms with Gasteiger partial charge in [-0.3, -0.25) is 4.79 Å². The molecule has 0 aliphatic heterocycles. The Morgan fingerprint density at radius 2 is 1.87 bits per heavy atom. The van der Waals surface area contributed by atoms with E-state index in [9.17, 15) is 13.2 Å². The number of sulfonamides is 1. The van der Waals surface area contributed by atoms with Gasteiger partial charge in [0.2, 0.25) is 10.0 Å². The highest BCUT2D eigenvalue weighted by molar-refractivity contribution is 7.89. The Labute approximate surface area is 139 Å². The maximum Gasteiger partial charge on any atom is 0.261 e. The van der Waals surface area contributed by atoms with Gasteiger partial charge in [-0.15, -0.1) is 11.3 Å². The Morgan fingerprint density at radius 1 is 1.17 bits per heavy atom. The van der Waals surface area contributed by atoms with Crippen LogP contribution in [-0.2, 0) is 10.0 Å². The highest BCUT2D eigenvalue weighted by atomic mass is 32.2. The van der Waals surface area contributed by atoms with E-state index >= 15 is 0 Å². The monoisotopic (exact) mass is 354 g/mol. The van der Waals surface area contributed by atoms with Crippen LogP contribution >= 0.6 is 11.3 Å². The van der Waals surface area contributed by atoms with Gasteiger partial charge in [-0.2, -0.15) is 0 Å². The molecular formula is C15H18N2O4S2. The van der Waals surface area contributed by atoms with Crippen LogP contribution in [0.4, 0.5) is 0 Å². The predicted molar refractivity (Wildman–Crippen MR) is 89.6 cm³/mol. The molecule has 2 rings (SSSR count). The van der Waals surface area contributed by atoms with Gasteiger partial charge in [-0.25, -0.2) is 13.1 Å². The number of hydrogen-bond donors (Lipinski definition) is 2. The molecule has 8 heteroatoms. The second-order valence-electron chi connectivity index (χ2n) is 4.76. The van der Waals surface area contributed by atoms with Crippen molar-refractivity contribution in [3.8, 4) is 5.75 Å². The van der Waals surface area contributed by atoms with Gasteiger partial charge in [0.05, 0.1) is 16.9 Å². The molecule has 0 unspecified atom stereocenters. The summed E-state index contributed by atoms with van der Waals surface area (Å²) in [6.07, 6.45) is 0. The number of methoxy groups -OCH3 is 1. The number of hydrogen-bond acceptors (Lipinski definition) is 5. The molecule has 6 nitrogen and oxygen atoms in total. The number of rotatable bonds is 7. The maximum atomic E-state index is 12.1. The zero-order valence-corrected chi connectivity index (χ0v) is 14.5. The van der Waals surface area contributed by atoms with E-state index in [4.69, 9.17) is 4.74 Å². The van der Waals surface area contributed by atoms with Crippen molar-refractivity contribution < 1.29 is 17.9 Å². The molecule has 1 aromatic carbocycles. The summed E-state index contributed by atoms with van der Waals surface area (Å²) in [5.41, 5.74) is 0.909. The Bertz CT molecular complexity index is 767. The van der Waals surface area contributed by atoms with Gasteiger partial charge >= 0.3 is 0 Å². The van der Waals surface area contributed by atoms with Crippen molar-refractivity contribution in [3.63, 3.8) is 0 Å². The van der Waals surface area contributed by atoms with Gasteiger partial charge in [-0.05, 0) is 48.2 Å². The fourth-order valence-corrected chi connectivity index (χ4v) is 3.76. The first-order chi connectivity index (χ1) is 10.9. The number of carbonyl (C=O) groups excluding carboxylic acids is 1. The van der Waals surface area contributed by atoms with Crippen LogP contribution in [0.25, 0.3) is 0 Å². The number of benzene rings is 1.